The van der Waals surface area contributed by atoms with Gasteiger partial charge in [0.25, 0.3) is 0 Å². The fraction of sp³-hybridized carbons (Fsp3) is 0.400. The maximum atomic E-state index is 11.0. The molecule has 0 saturated carbocycles. The van der Waals surface area contributed by atoms with Crippen LogP contribution in [-0.2, 0) is 36.2 Å². The Morgan fingerprint density at radius 1 is 1.09 bits per heavy atom. The predicted molar refractivity (Wildman–Crippen MR) is 111 cm³/mol. The van der Waals surface area contributed by atoms with Gasteiger partial charge in [-0.2, -0.15) is 0 Å². The van der Waals surface area contributed by atoms with Gasteiger partial charge in [-0.3, -0.25) is 4.99 Å². The monoisotopic (exact) mass is 568 g/mol. The molecule has 1 fully saturated rings. The number of carboxylic acids is 4. The second-order valence-corrected chi connectivity index (χ2v) is 9.63. The van der Waals surface area contributed by atoms with E-state index in [1.165, 1.54) is 0 Å². The van der Waals surface area contributed by atoms with Crippen molar-refractivity contribution in [1.29, 1.82) is 0 Å². The van der Waals surface area contributed by atoms with Crippen LogP contribution in [0.3, 0.4) is 0 Å². The number of aliphatic imine (C=N–C) groups is 1. The Labute approximate surface area is 218 Å². The topological polar surface area (TPSA) is 218 Å². The van der Waals surface area contributed by atoms with Crippen LogP contribution in [0.4, 0.5) is 0 Å². The number of thioether (sulfide) groups is 2. The second kappa shape index (κ2) is 13.1. The van der Waals surface area contributed by atoms with E-state index in [9.17, 15) is 44.7 Å². The number of aliphatic hydroxyl groups is 1. The molecule has 0 aromatic heterocycles. The summed E-state index contributed by atoms with van der Waals surface area (Å²) in [5.74, 6) is -5.53. The average molecular weight is 568 g/mol. The number of aliphatic carboxylic acids is 4. The standard InChI is InChI=1S/C14H16N2O3S2.C6H8O7.Fe/c1-16-10(14(18)19)7-21-13(16)9-6-20-12(15-9)8-4-2-3-5-11(8)17;7-3(8)1-6(13,5(11)12)2-4(9)10;/h2-5,9-10,13,16-17H,1,6-7H2,(H,18,19);13H,1-2H2,(H,7,8)(H,9,10)(H,11,12);/p-4/t9-,10+,13-;;/m0../s1. The number of phenols is 1. The number of benzene rings is 1. The van der Waals surface area contributed by atoms with E-state index >= 15 is 0 Å². The van der Waals surface area contributed by atoms with Gasteiger partial charge in [-0.25, -0.2) is 0 Å². The number of para-hydroxylation sites is 1. The second-order valence-electron chi connectivity index (χ2n) is 7.45. The van der Waals surface area contributed by atoms with E-state index in [1.54, 1.807) is 35.7 Å². The molecule has 0 spiro atoms. The summed E-state index contributed by atoms with van der Waals surface area (Å²) in [4.78, 5) is 46.4. The van der Waals surface area contributed by atoms with Crippen LogP contribution < -0.4 is 25.3 Å². The van der Waals surface area contributed by atoms with Crippen molar-refractivity contribution in [2.75, 3.05) is 11.5 Å². The SMILES string of the molecule is O=C([O-])CC(O)(CC(=O)[O-])C(=O)[O-].[CH2-][NH+]1[C@@H](C(=O)[O-])CS[C@H]1[C@@H]1CSC(c2ccccc2O)=N1.[Fe]. The van der Waals surface area contributed by atoms with E-state index in [0.717, 1.165) is 16.4 Å². The zero-order valence-corrected chi connectivity index (χ0v) is 20.6. The number of nitrogens with zero attached hydrogens (tertiary/aromatic N) is 1. The molecule has 0 amide bonds. The van der Waals surface area contributed by atoms with Gasteiger partial charge in [0.2, 0.25) is 0 Å². The molecule has 0 bridgehead atoms. The third-order valence-electron chi connectivity index (χ3n) is 4.95. The molecule has 0 radical (unpaired) electrons. The van der Waals surface area contributed by atoms with E-state index < -0.39 is 48.4 Å². The molecule has 2 heterocycles. The number of carbonyl (C=O) groups is 4. The number of phenolic OH excluding ortho intramolecular Hbond substituents is 1. The number of aromatic hydroxyl groups is 1. The molecule has 3 N–H and O–H groups in total. The van der Waals surface area contributed by atoms with E-state index in [-0.39, 0.29) is 34.2 Å². The molecular weight excluding hydrogens is 548 g/mol. The zero-order chi connectivity index (χ0) is 25.6. The number of hydrogen-bond acceptors (Lipinski definition) is 13. The van der Waals surface area contributed by atoms with Gasteiger partial charge in [0.1, 0.15) is 33.9 Å². The minimum atomic E-state index is -2.97. The van der Waals surface area contributed by atoms with Crippen molar-refractivity contribution >= 4 is 52.4 Å². The Balaban J connectivity index is 0.000000383. The number of hydrogen-bond donors (Lipinski definition) is 3. The molecule has 1 saturated heterocycles. The fourth-order valence-corrected chi connectivity index (χ4v) is 5.98. The first kappa shape index (κ1) is 30.7. The molecule has 2 aliphatic heterocycles. The summed E-state index contributed by atoms with van der Waals surface area (Å²) in [6, 6.07) is 6.54. The van der Waals surface area contributed by atoms with Crippen LogP contribution in [-0.4, -0.2) is 73.7 Å². The number of nitrogens with one attached hydrogen (secondary N) is 1. The molecule has 4 atom stereocenters. The Kier molecular flexibility index (Phi) is 11.5. The van der Waals surface area contributed by atoms with Gasteiger partial charge in [-0.15, -0.1) is 18.8 Å². The van der Waals surface area contributed by atoms with Crippen LogP contribution >= 0.6 is 23.5 Å². The fourth-order valence-electron chi connectivity index (χ4n) is 3.22. The molecule has 3 rings (SSSR count). The van der Waals surface area contributed by atoms with Crippen LogP contribution in [0, 0.1) is 7.05 Å². The summed E-state index contributed by atoms with van der Waals surface area (Å²) in [7, 11) is 3.93. The van der Waals surface area contributed by atoms with Gasteiger partial charge in [0.15, 0.2) is 0 Å². The summed E-state index contributed by atoms with van der Waals surface area (Å²) < 4.78 is 0. The summed E-state index contributed by atoms with van der Waals surface area (Å²) >= 11 is 3.17. The molecule has 0 aliphatic carbocycles. The molecule has 15 heteroatoms. The van der Waals surface area contributed by atoms with Crippen molar-refractivity contribution in [2.24, 2.45) is 4.99 Å². The van der Waals surface area contributed by atoms with Crippen molar-refractivity contribution in [3.63, 3.8) is 0 Å². The summed E-state index contributed by atoms with van der Waals surface area (Å²) in [6.07, 6.45) is -2.72. The van der Waals surface area contributed by atoms with Gasteiger partial charge >= 0.3 is 0 Å². The first-order valence-corrected chi connectivity index (χ1v) is 11.7. The Bertz CT molecular complexity index is 976. The molecule has 194 valence electrons. The van der Waals surface area contributed by atoms with Crippen molar-refractivity contribution < 1.29 is 71.8 Å². The van der Waals surface area contributed by atoms with Crippen molar-refractivity contribution in [1.82, 2.24) is 0 Å². The number of carboxylic acid groups (broad SMARTS) is 4. The van der Waals surface area contributed by atoms with Crippen LogP contribution in [0.5, 0.6) is 5.75 Å². The minimum Gasteiger partial charge on any atom is -0.550 e. The number of carbonyl (C=O) groups excluding carboxylic acids is 4. The van der Waals surface area contributed by atoms with Crippen molar-refractivity contribution in [3.8, 4) is 5.75 Å². The third-order valence-corrected chi connectivity index (χ3v) is 7.56. The Morgan fingerprint density at radius 3 is 2.11 bits per heavy atom. The molecule has 1 aromatic rings. The Morgan fingerprint density at radius 2 is 1.66 bits per heavy atom. The molecular formula is C20H20FeN2O10S2-4. The summed E-state index contributed by atoms with van der Waals surface area (Å²) in [5.41, 5.74) is -2.24. The average Bonchev–Trinajstić information content (AvgIpc) is 3.34. The van der Waals surface area contributed by atoms with E-state index in [2.05, 4.69) is 12.0 Å². The van der Waals surface area contributed by atoms with E-state index in [0.29, 0.717) is 10.7 Å². The summed E-state index contributed by atoms with van der Waals surface area (Å²) in [5, 5.41) is 60.7. The molecule has 35 heavy (non-hydrogen) atoms. The van der Waals surface area contributed by atoms with Gasteiger partial charge < -0.3 is 54.7 Å². The molecule has 2 aliphatic rings. The maximum absolute atomic E-state index is 11.0. The zero-order valence-electron chi connectivity index (χ0n) is 17.9. The van der Waals surface area contributed by atoms with Crippen molar-refractivity contribution in [3.05, 3.63) is 36.9 Å². The Hall–Kier alpha value is -2.29. The largest absolute Gasteiger partial charge is 0.550 e. The van der Waals surface area contributed by atoms with Gasteiger partial charge in [-0.05, 0) is 12.1 Å². The van der Waals surface area contributed by atoms with Gasteiger partial charge in [0.05, 0.1) is 17.7 Å². The molecule has 1 unspecified atom stereocenters. The predicted octanol–water partition coefficient (Wildman–Crippen LogP) is -6.13. The molecule has 1 aromatic carbocycles. The van der Waals surface area contributed by atoms with Gasteiger partial charge in [-0.1, -0.05) is 23.9 Å². The number of quaternary nitrogens is 1. The van der Waals surface area contributed by atoms with Crippen LogP contribution in [0.2, 0.25) is 0 Å². The van der Waals surface area contributed by atoms with Crippen LogP contribution in [0.1, 0.15) is 18.4 Å². The normalized spacial score (nSPS) is 23.3. The van der Waals surface area contributed by atoms with Crippen LogP contribution in [0.15, 0.2) is 29.3 Å². The first-order chi connectivity index (χ1) is 15.9. The van der Waals surface area contributed by atoms with E-state index in [1.807, 2.05) is 12.1 Å². The third kappa shape index (κ3) is 8.12. The number of rotatable bonds is 8. The van der Waals surface area contributed by atoms with Gasteiger partial charge in [0, 0.05) is 53.2 Å². The quantitative estimate of drug-likeness (QED) is 0.197. The maximum Gasteiger partial charge on any atom is 0.134 e. The van der Waals surface area contributed by atoms with Crippen molar-refractivity contribution in [2.45, 2.75) is 35.9 Å². The first-order valence-electron chi connectivity index (χ1n) is 9.69. The van der Waals surface area contributed by atoms with E-state index in [4.69, 9.17) is 5.11 Å². The minimum absolute atomic E-state index is 0. The summed E-state index contributed by atoms with van der Waals surface area (Å²) in [6.45, 7) is 0. The molecule has 12 nitrogen and oxygen atoms in total. The van der Waals surface area contributed by atoms with Crippen LogP contribution in [0.25, 0.3) is 0 Å². The smallest absolute Gasteiger partial charge is 0.134 e.